The molecular weight excluding hydrogens is 341 g/mol. The first-order chi connectivity index (χ1) is 12.5. The molecular formula is C19H20FNO5. The van der Waals surface area contributed by atoms with Crippen molar-refractivity contribution in [1.29, 1.82) is 0 Å². The summed E-state index contributed by atoms with van der Waals surface area (Å²) in [5, 5.41) is 0. The summed E-state index contributed by atoms with van der Waals surface area (Å²) in [5.41, 5.74) is 0.711. The van der Waals surface area contributed by atoms with Gasteiger partial charge in [0.25, 0.3) is 5.91 Å². The van der Waals surface area contributed by atoms with Gasteiger partial charge >= 0.3 is 5.97 Å². The maximum Gasteiger partial charge on any atom is 0.342 e. The van der Waals surface area contributed by atoms with Crippen molar-refractivity contribution < 1.29 is 28.2 Å². The van der Waals surface area contributed by atoms with E-state index in [1.165, 1.54) is 49.5 Å². The van der Waals surface area contributed by atoms with Crippen molar-refractivity contribution in [1.82, 2.24) is 0 Å². The van der Waals surface area contributed by atoms with E-state index in [0.717, 1.165) is 0 Å². The summed E-state index contributed by atoms with van der Waals surface area (Å²) in [6.45, 7) is 1.68. The number of hydrogen-bond donors (Lipinski definition) is 0. The van der Waals surface area contributed by atoms with Crippen LogP contribution in [0.2, 0.25) is 0 Å². The number of rotatable bonds is 7. The van der Waals surface area contributed by atoms with Crippen molar-refractivity contribution in [3.63, 3.8) is 0 Å². The van der Waals surface area contributed by atoms with Crippen molar-refractivity contribution in [2.24, 2.45) is 0 Å². The van der Waals surface area contributed by atoms with E-state index in [4.69, 9.17) is 14.2 Å². The highest BCUT2D eigenvalue weighted by Gasteiger charge is 2.19. The molecule has 2 aromatic carbocycles. The molecule has 0 bridgehead atoms. The van der Waals surface area contributed by atoms with Crippen LogP contribution in [-0.4, -0.2) is 39.2 Å². The van der Waals surface area contributed by atoms with Gasteiger partial charge in [-0.25, -0.2) is 9.18 Å². The van der Waals surface area contributed by atoms with Gasteiger partial charge < -0.3 is 19.1 Å². The van der Waals surface area contributed by atoms with Gasteiger partial charge in [0.2, 0.25) is 0 Å². The van der Waals surface area contributed by atoms with E-state index in [9.17, 15) is 14.0 Å². The predicted molar refractivity (Wildman–Crippen MR) is 94.3 cm³/mol. The van der Waals surface area contributed by atoms with Gasteiger partial charge in [-0.1, -0.05) is 0 Å². The summed E-state index contributed by atoms with van der Waals surface area (Å²) in [4.78, 5) is 26.0. The highest BCUT2D eigenvalue weighted by atomic mass is 19.1. The van der Waals surface area contributed by atoms with Gasteiger partial charge in [0.05, 0.1) is 14.2 Å². The summed E-state index contributed by atoms with van der Waals surface area (Å²) in [6, 6.07) is 10.2. The molecule has 0 aliphatic carbocycles. The van der Waals surface area contributed by atoms with Gasteiger partial charge in [-0.05, 0) is 43.3 Å². The zero-order chi connectivity index (χ0) is 19.1. The number of anilines is 1. The van der Waals surface area contributed by atoms with Gasteiger partial charge in [-0.15, -0.1) is 0 Å². The third kappa shape index (κ3) is 4.50. The van der Waals surface area contributed by atoms with Crippen LogP contribution < -0.4 is 14.4 Å². The van der Waals surface area contributed by atoms with Crippen molar-refractivity contribution in [3.05, 3.63) is 53.8 Å². The van der Waals surface area contributed by atoms with Gasteiger partial charge in [0.1, 0.15) is 22.9 Å². The average Bonchev–Trinajstić information content (AvgIpc) is 2.67. The minimum Gasteiger partial charge on any atom is -0.497 e. The Labute approximate surface area is 151 Å². The van der Waals surface area contributed by atoms with Crippen LogP contribution >= 0.6 is 0 Å². The highest BCUT2D eigenvalue weighted by molar-refractivity contribution is 5.98. The fraction of sp³-hybridized carbons (Fsp3) is 0.263. The van der Waals surface area contributed by atoms with Crippen molar-refractivity contribution in [3.8, 4) is 11.5 Å². The number of amides is 1. The molecule has 0 N–H and O–H groups in total. The number of carbonyl (C=O) groups is 2. The lowest BCUT2D eigenvalue weighted by molar-refractivity contribution is -0.121. The monoisotopic (exact) mass is 361 g/mol. The Morgan fingerprint density at radius 2 is 1.73 bits per heavy atom. The fourth-order valence-corrected chi connectivity index (χ4v) is 2.37. The number of benzene rings is 2. The zero-order valence-electron chi connectivity index (χ0n) is 14.8. The third-order valence-corrected chi connectivity index (χ3v) is 3.71. The number of halogens is 1. The normalized spacial score (nSPS) is 10.2. The average molecular weight is 361 g/mol. The molecule has 0 unspecified atom stereocenters. The van der Waals surface area contributed by atoms with E-state index in [1.54, 1.807) is 19.1 Å². The number of nitrogens with zero attached hydrogens (tertiary/aromatic N) is 1. The van der Waals surface area contributed by atoms with Crippen LogP contribution in [0.25, 0.3) is 0 Å². The summed E-state index contributed by atoms with van der Waals surface area (Å²) in [7, 11) is 2.92. The molecule has 2 aromatic rings. The molecule has 0 fully saturated rings. The second kappa shape index (κ2) is 8.84. The Bertz CT molecular complexity index is 776. The number of carbonyl (C=O) groups excluding carboxylic acids is 2. The summed E-state index contributed by atoms with van der Waals surface area (Å²) in [6.07, 6.45) is 0. The third-order valence-electron chi connectivity index (χ3n) is 3.71. The minimum atomic E-state index is -0.687. The highest BCUT2D eigenvalue weighted by Crippen LogP contribution is 2.25. The van der Waals surface area contributed by atoms with Crippen LogP contribution in [-0.2, 0) is 9.53 Å². The molecule has 0 radical (unpaired) electrons. The van der Waals surface area contributed by atoms with Crippen molar-refractivity contribution in [2.75, 3.05) is 32.3 Å². The molecule has 138 valence electrons. The van der Waals surface area contributed by atoms with E-state index in [2.05, 4.69) is 0 Å². The molecule has 0 saturated carbocycles. The van der Waals surface area contributed by atoms with Gasteiger partial charge in [-0.2, -0.15) is 0 Å². The van der Waals surface area contributed by atoms with Crippen LogP contribution in [0.4, 0.5) is 10.1 Å². The summed E-state index contributed by atoms with van der Waals surface area (Å²) < 4.78 is 28.4. The smallest absolute Gasteiger partial charge is 0.342 e. The molecule has 0 aliphatic rings. The van der Waals surface area contributed by atoms with Crippen molar-refractivity contribution >= 4 is 17.6 Å². The van der Waals surface area contributed by atoms with Crippen LogP contribution in [0.15, 0.2) is 42.5 Å². The molecule has 0 saturated heterocycles. The molecule has 0 atom stereocenters. The van der Waals surface area contributed by atoms with E-state index in [1.807, 2.05) is 0 Å². The SMILES string of the molecule is CCN(C(=O)COC(=O)c1ccc(OC)cc1OC)c1ccc(F)cc1. The molecule has 0 heterocycles. The molecule has 26 heavy (non-hydrogen) atoms. The Balaban J connectivity index is 2.06. The van der Waals surface area contributed by atoms with Gasteiger partial charge in [0, 0.05) is 18.3 Å². The van der Waals surface area contributed by atoms with Crippen LogP contribution in [0.5, 0.6) is 11.5 Å². The number of ether oxygens (including phenoxy) is 3. The molecule has 7 heteroatoms. The first-order valence-corrected chi connectivity index (χ1v) is 7.95. The lowest BCUT2D eigenvalue weighted by atomic mass is 10.2. The Hall–Kier alpha value is -3.09. The lowest BCUT2D eigenvalue weighted by Crippen LogP contribution is -2.34. The molecule has 0 aliphatic heterocycles. The fourth-order valence-electron chi connectivity index (χ4n) is 2.37. The molecule has 0 spiro atoms. The summed E-state index contributed by atoms with van der Waals surface area (Å²) in [5.74, 6) is -0.682. The van der Waals surface area contributed by atoms with Crippen molar-refractivity contribution in [2.45, 2.75) is 6.92 Å². The molecule has 2 rings (SSSR count). The zero-order valence-corrected chi connectivity index (χ0v) is 14.8. The first kappa shape index (κ1) is 19.2. The van der Waals surface area contributed by atoms with E-state index < -0.39 is 24.3 Å². The van der Waals surface area contributed by atoms with Crippen LogP contribution in [0.1, 0.15) is 17.3 Å². The lowest BCUT2D eigenvalue weighted by Gasteiger charge is -2.21. The topological polar surface area (TPSA) is 65.1 Å². The van der Waals surface area contributed by atoms with E-state index in [0.29, 0.717) is 18.0 Å². The maximum absolute atomic E-state index is 13.0. The number of hydrogen-bond acceptors (Lipinski definition) is 5. The number of likely N-dealkylation sites (N-methyl/N-ethyl adjacent to an activating group) is 1. The molecule has 1 amide bonds. The largest absolute Gasteiger partial charge is 0.497 e. The Kier molecular flexibility index (Phi) is 6.54. The van der Waals surface area contributed by atoms with Gasteiger partial charge in [-0.3, -0.25) is 4.79 Å². The predicted octanol–water partition coefficient (Wildman–Crippen LogP) is 3.05. The minimum absolute atomic E-state index is 0.186. The Morgan fingerprint density at radius 3 is 2.31 bits per heavy atom. The standard InChI is InChI=1S/C19H20FNO5/c1-4-21(14-7-5-13(20)6-8-14)18(22)12-26-19(23)16-10-9-15(24-2)11-17(16)25-3/h5-11H,4,12H2,1-3H3. The summed E-state index contributed by atoms with van der Waals surface area (Å²) >= 11 is 0. The molecule has 0 aromatic heterocycles. The van der Waals surface area contributed by atoms with Crippen LogP contribution in [0.3, 0.4) is 0 Å². The second-order valence-electron chi connectivity index (χ2n) is 5.26. The van der Waals surface area contributed by atoms with Gasteiger partial charge in [0.15, 0.2) is 6.61 Å². The molecule has 6 nitrogen and oxygen atoms in total. The first-order valence-electron chi connectivity index (χ1n) is 7.95. The number of esters is 1. The van der Waals surface area contributed by atoms with E-state index in [-0.39, 0.29) is 11.3 Å². The van der Waals surface area contributed by atoms with Crippen LogP contribution in [0, 0.1) is 5.82 Å². The van der Waals surface area contributed by atoms with E-state index >= 15 is 0 Å². The second-order valence-corrected chi connectivity index (χ2v) is 5.26. The number of methoxy groups -OCH3 is 2. The maximum atomic E-state index is 13.0. The quantitative estimate of drug-likeness (QED) is 0.709. The Morgan fingerprint density at radius 1 is 1.04 bits per heavy atom.